The maximum absolute atomic E-state index is 11.9. The zero-order valence-corrected chi connectivity index (χ0v) is 13.1. The van der Waals surface area contributed by atoms with Crippen molar-refractivity contribution in [2.45, 2.75) is 37.1 Å². The van der Waals surface area contributed by atoms with Crippen LogP contribution in [0.4, 0.5) is 5.69 Å². The van der Waals surface area contributed by atoms with Crippen molar-refractivity contribution in [1.82, 2.24) is 4.72 Å². The van der Waals surface area contributed by atoms with Crippen LogP contribution in [0.2, 0.25) is 0 Å². The molecular formula is C16H22N2O2S. The molecule has 1 aromatic rings. The first-order chi connectivity index (χ1) is 10.1. The third kappa shape index (κ3) is 2.18. The molecule has 0 radical (unpaired) electrons. The quantitative estimate of drug-likeness (QED) is 0.878. The van der Waals surface area contributed by atoms with E-state index in [4.69, 9.17) is 0 Å². The number of anilines is 1. The molecule has 21 heavy (non-hydrogen) atoms. The third-order valence-electron chi connectivity index (χ3n) is 5.57. The SMILES string of the molecule is CCNS(=O)(=O)c1ccc(NC2C3C4CCC(C4)C23)cc1. The lowest BCUT2D eigenvalue weighted by Gasteiger charge is -2.12. The molecule has 0 aliphatic heterocycles. The first-order valence-electron chi connectivity index (χ1n) is 7.96. The zero-order valence-electron chi connectivity index (χ0n) is 12.2. The van der Waals surface area contributed by atoms with Crippen molar-refractivity contribution in [3.05, 3.63) is 24.3 Å². The summed E-state index contributed by atoms with van der Waals surface area (Å²) in [5.74, 6) is 3.67. The summed E-state index contributed by atoms with van der Waals surface area (Å²) in [7, 11) is -3.34. The van der Waals surface area contributed by atoms with Crippen molar-refractivity contribution < 1.29 is 8.42 Å². The van der Waals surface area contributed by atoms with E-state index in [2.05, 4.69) is 10.0 Å². The van der Waals surface area contributed by atoms with Crippen molar-refractivity contribution in [3.8, 4) is 0 Å². The van der Waals surface area contributed by atoms with Gasteiger partial charge in [-0.15, -0.1) is 0 Å². The molecule has 2 N–H and O–H groups in total. The Kier molecular flexibility index (Phi) is 3.05. The van der Waals surface area contributed by atoms with E-state index in [1.54, 1.807) is 19.1 Å². The van der Waals surface area contributed by atoms with E-state index in [0.717, 1.165) is 29.4 Å². The van der Waals surface area contributed by atoms with Gasteiger partial charge in [-0.1, -0.05) is 6.92 Å². The number of benzene rings is 1. The average molecular weight is 306 g/mol. The van der Waals surface area contributed by atoms with Crippen LogP contribution in [0.3, 0.4) is 0 Å². The highest BCUT2D eigenvalue weighted by molar-refractivity contribution is 7.89. The Hall–Kier alpha value is -1.07. The van der Waals surface area contributed by atoms with E-state index in [0.29, 0.717) is 17.5 Å². The smallest absolute Gasteiger partial charge is 0.240 e. The molecule has 5 heteroatoms. The average Bonchev–Trinajstić information content (AvgIpc) is 2.84. The van der Waals surface area contributed by atoms with Crippen LogP contribution in [0.1, 0.15) is 26.2 Å². The highest BCUT2D eigenvalue weighted by Crippen LogP contribution is 2.66. The second kappa shape index (κ2) is 4.71. The molecular weight excluding hydrogens is 284 g/mol. The van der Waals surface area contributed by atoms with Gasteiger partial charge in [-0.25, -0.2) is 13.1 Å². The molecule has 4 atom stereocenters. The van der Waals surface area contributed by atoms with Crippen molar-refractivity contribution in [2.24, 2.45) is 23.7 Å². The standard InChI is InChI=1S/C16H22N2O2S/c1-2-17-21(19,20)13-7-5-12(6-8-13)18-16-14-10-3-4-11(9-10)15(14)16/h5-8,10-11,14-18H,2-4,9H2,1H3. The number of sulfonamides is 1. The van der Waals surface area contributed by atoms with Gasteiger partial charge in [0.05, 0.1) is 4.90 Å². The summed E-state index contributed by atoms with van der Waals surface area (Å²) < 4.78 is 26.3. The molecule has 0 amide bonds. The van der Waals surface area contributed by atoms with Crippen LogP contribution in [-0.4, -0.2) is 21.0 Å². The monoisotopic (exact) mass is 306 g/mol. The van der Waals surface area contributed by atoms with Crippen LogP contribution >= 0.6 is 0 Å². The van der Waals surface area contributed by atoms with Crippen molar-refractivity contribution in [1.29, 1.82) is 0 Å². The molecule has 4 nitrogen and oxygen atoms in total. The van der Waals surface area contributed by atoms with E-state index >= 15 is 0 Å². The molecule has 3 aliphatic rings. The number of fused-ring (bicyclic) bond motifs is 5. The fraction of sp³-hybridized carbons (Fsp3) is 0.625. The van der Waals surface area contributed by atoms with Gasteiger partial charge in [0.2, 0.25) is 10.0 Å². The largest absolute Gasteiger partial charge is 0.382 e. The minimum Gasteiger partial charge on any atom is -0.382 e. The van der Waals surface area contributed by atoms with Crippen molar-refractivity contribution >= 4 is 15.7 Å². The molecule has 0 spiro atoms. The summed E-state index contributed by atoms with van der Waals surface area (Å²) in [6.45, 7) is 2.20. The highest BCUT2D eigenvalue weighted by atomic mass is 32.2. The molecule has 0 saturated heterocycles. The summed E-state index contributed by atoms with van der Waals surface area (Å²) in [6, 6.07) is 7.79. The second-order valence-corrected chi connectivity index (χ2v) is 8.45. The van der Waals surface area contributed by atoms with E-state index in [-0.39, 0.29) is 0 Å². The van der Waals surface area contributed by atoms with Crippen LogP contribution in [0.5, 0.6) is 0 Å². The maximum atomic E-state index is 11.9. The summed E-state index contributed by atoms with van der Waals surface area (Å²) in [4.78, 5) is 0.339. The van der Waals surface area contributed by atoms with Gasteiger partial charge < -0.3 is 5.32 Å². The molecule has 0 heterocycles. The number of hydrogen-bond donors (Lipinski definition) is 2. The molecule has 3 saturated carbocycles. The summed E-state index contributed by atoms with van der Waals surface area (Å²) >= 11 is 0. The number of hydrogen-bond acceptors (Lipinski definition) is 3. The molecule has 1 aromatic carbocycles. The van der Waals surface area contributed by atoms with Crippen LogP contribution < -0.4 is 10.0 Å². The lowest BCUT2D eigenvalue weighted by Crippen LogP contribution is -2.23. The fourth-order valence-corrected chi connectivity index (χ4v) is 5.76. The summed E-state index contributed by atoms with van der Waals surface area (Å²) in [5.41, 5.74) is 1.05. The second-order valence-electron chi connectivity index (χ2n) is 6.68. The molecule has 3 fully saturated rings. The van der Waals surface area contributed by atoms with Crippen LogP contribution in [0.15, 0.2) is 29.2 Å². The highest BCUT2D eigenvalue weighted by Gasteiger charge is 2.64. The molecule has 2 bridgehead atoms. The minimum absolute atomic E-state index is 0.339. The van der Waals surface area contributed by atoms with Gasteiger partial charge in [-0.3, -0.25) is 0 Å². The van der Waals surface area contributed by atoms with E-state index in [1.807, 2.05) is 12.1 Å². The normalized spacial score (nSPS) is 36.5. The fourth-order valence-electron chi connectivity index (χ4n) is 4.71. The van der Waals surface area contributed by atoms with Gasteiger partial charge in [-0.05, 0) is 67.2 Å². The molecule has 3 aliphatic carbocycles. The van der Waals surface area contributed by atoms with Crippen LogP contribution in [0.25, 0.3) is 0 Å². The van der Waals surface area contributed by atoms with Gasteiger partial charge in [0.15, 0.2) is 0 Å². The zero-order chi connectivity index (χ0) is 14.6. The Labute approximate surface area is 126 Å². The molecule has 4 unspecified atom stereocenters. The van der Waals surface area contributed by atoms with Crippen molar-refractivity contribution in [3.63, 3.8) is 0 Å². The Morgan fingerprint density at radius 2 is 1.71 bits per heavy atom. The Morgan fingerprint density at radius 3 is 2.29 bits per heavy atom. The maximum Gasteiger partial charge on any atom is 0.240 e. The van der Waals surface area contributed by atoms with Crippen LogP contribution in [0, 0.1) is 23.7 Å². The van der Waals surface area contributed by atoms with Gasteiger partial charge in [0.1, 0.15) is 0 Å². The van der Waals surface area contributed by atoms with Gasteiger partial charge in [0, 0.05) is 18.3 Å². The minimum atomic E-state index is -3.34. The lowest BCUT2D eigenvalue weighted by molar-refractivity contribution is 0.456. The number of nitrogens with one attached hydrogen (secondary N) is 2. The Bertz CT molecular complexity index is 625. The molecule has 4 rings (SSSR count). The van der Waals surface area contributed by atoms with E-state index < -0.39 is 10.0 Å². The van der Waals surface area contributed by atoms with Gasteiger partial charge in [0.25, 0.3) is 0 Å². The first kappa shape index (κ1) is 13.6. The number of rotatable bonds is 5. The van der Waals surface area contributed by atoms with E-state index in [1.165, 1.54) is 19.3 Å². The van der Waals surface area contributed by atoms with Gasteiger partial charge >= 0.3 is 0 Å². The summed E-state index contributed by atoms with van der Waals surface area (Å²) in [6.07, 6.45) is 4.29. The Morgan fingerprint density at radius 1 is 1.10 bits per heavy atom. The summed E-state index contributed by atoms with van der Waals surface area (Å²) in [5, 5.41) is 3.61. The van der Waals surface area contributed by atoms with Gasteiger partial charge in [-0.2, -0.15) is 0 Å². The third-order valence-corrected chi connectivity index (χ3v) is 7.13. The molecule has 114 valence electrons. The molecule has 0 aromatic heterocycles. The predicted molar refractivity (Wildman–Crippen MR) is 82.5 cm³/mol. The van der Waals surface area contributed by atoms with E-state index in [9.17, 15) is 8.42 Å². The lowest BCUT2D eigenvalue weighted by atomic mass is 10.0. The topological polar surface area (TPSA) is 58.2 Å². The Balaban J connectivity index is 1.44. The first-order valence-corrected chi connectivity index (χ1v) is 9.45. The van der Waals surface area contributed by atoms with Crippen LogP contribution in [-0.2, 0) is 10.0 Å². The predicted octanol–water partition coefficient (Wildman–Crippen LogP) is 2.44. The van der Waals surface area contributed by atoms with Crippen molar-refractivity contribution in [2.75, 3.05) is 11.9 Å².